The number of aryl methyl sites for hydroxylation is 1. The molecule has 1 aliphatic rings. The summed E-state index contributed by atoms with van der Waals surface area (Å²) >= 11 is 1.91. The quantitative estimate of drug-likeness (QED) is 0.678. The summed E-state index contributed by atoms with van der Waals surface area (Å²) in [6.45, 7) is 3.94. The second-order valence-electron chi connectivity index (χ2n) is 5.03. The Morgan fingerprint density at radius 3 is 2.75 bits per heavy atom. The molecule has 0 aliphatic carbocycles. The van der Waals surface area contributed by atoms with Crippen LogP contribution >= 0.6 is 11.8 Å². The first-order valence-electron chi connectivity index (χ1n) is 6.81. The number of nitrogens with zero attached hydrogens (tertiary/aromatic N) is 2. The topological polar surface area (TPSA) is 32.5 Å². The number of benzene rings is 2. The van der Waals surface area contributed by atoms with Crippen molar-refractivity contribution in [2.24, 2.45) is 5.84 Å². The van der Waals surface area contributed by atoms with E-state index in [1.807, 2.05) is 42.1 Å². The number of fused-ring (bicyclic) bond motifs is 1. The number of hydrogen-bond donors (Lipinski definition) is 1. The second-order valence-corrected chi connectivity index (χ2v) is 6.16. The highest BCUT2D eigenvalue weighted by Crippen LogP contribution is 2.29. The lowest BCUT2D eigenvalue weighted by Crippen LogP contribution is -2.48. The van der Waals surface area contributed by atoms with Crippen LogP contribution in [-0.2, 0) is 6.54 Å². The average Bonchev–Trinajstić information content (AvgIpc) is 2.69. The zero-order chi connectivity index (χ0) is 13.9. The molecule has 1 aliphatic heterocycles. The molecule has 0 fully saturated rings. The summed E-state index contributed by atoms with van der Waals surface area (Å²) in [4.78, 5) is 1.37. The van der Waals surface area contributed by atoms with E-state index in [1.165, 1.54) is 16.0 Å². The van der Waals surface area contributed by atoms with Gasteiger partial charge >= 0.3 is 0 Å². The predicted octanol–water partition coefficient (Wildman–Crippen LogP) is 3.20. The molecule has 0 saturated carbocycles. The van der Waals surface area contributed by atoms with E-state index in [-0.39, 0.29) is 0 Å². The predicted molar refractivity (Wildman–Crippen MR) is 85.4 cm³/mol. The summed E-state index contributed by atoms with van der Waals surface area (Å²) in [6, 6.07) is 16.8. The Morgan fingerprint density at radius 1 is 1.15 bits per heavy atom. The highest BCUT2D eigenvalue weighted by atomic mass is 32.2. The SMILES string of the molecule is Cc1ccc2c(c1)CN(N(N)c1ccccc1)CCS2. The fourth-order valence-electron chi connectivity index (χ4n) is 2.44. The molecule has 1 heterocycles. The molecule has 0 atom stereocenters. The van der Waals surface area contributed by atoms with E-state index in [2.05, 4.69) is 30.1 Å². The van der Waals surface area contributed by atoms with Gasteiger partial charge in [-0.3, -0.25) is 0 Å². The average molecular weight is 285 g/mol. The highest BCUT2D eigenvalue weighted by Gasteiger charge is 2.19. The van der Waals surface area contributed by atoms with Gasteiger partial charge in [0, 0.05) is 23.7 Å². The van der Waals surface area contributed by atoms with E-state index in [0.717, 1.165) is 24.5 Å². The standard InChI is InChI=1S/C16H19N3S/c1-13-7-8-16-14(11-13)12-18(9-10-20-16)19(17)15-5-3-2-4-6-15/h2-8,11H,9-10,12,17H2,1H3. The van der Waals surface area contributed by atoms with Gasteiger partial charge in [-0.1, -0.05) is 35.9 Å². The van der Waals surface area contributed by atoms with Gasteiger partial charge in [0.2, 0.25) is 0 Å². The molecule has 0 saturated heterocycles. The number of para-hydroxylation sites is 1. The molecule has 3 rings (SSSR count). The fourth-order valence-corrected chi connectivity index (χ4v) is 3.43. The lowest BCUT2D eigenvalue weighted by atomic mass is 10.1. The van der Waals surface area contributed by atoms with Gasteiger partial charge in [-0.05, 0) is 30.7 Å². The third kappa shape index (κ3) is 2.82. The van der Waals surface area contributed by atoms with Crippen molar-refractivity contribution in [1.29, 1.82) is 0 Å². The zero-order valence-electron chi connectivity index (χ0n) is 11.6. The zero-order valence-corrected chi connectivity index (χ0v) is 12.4. The molecule has 0 bridgehead atoms. The minimum absolute atomic E-state index is 0.857. The summed E-state index contributed by atoms with van der Waals surface area (Å²) < 4.78 is 0. The Morgan fingerprint density at radius 2 is 1.95 bits per heavy atom. The lowest BCUT2D eigenvalue weighted by molar-refractivity contribution is 0.257. The maximum absolute atomic E-state index is 6.28. The summed E-state index contributed by atoms with van der Waals surface area (Å²) in [5, 5.41) is 3.98. The third-order valence-corrected chi connectivity index (χ3v) is 4.60. The van der Waals surface area contributed by atoms with E-state index in [4.69, 9.17) is 5.84 Å². The molecule has 0 radical (unpaired) electrons. The van der Waals surface area contributed by atoms with Gasteiger partial charge in [-0.2, -0.15) is 0 Å². The molecule has 2 aromatic rings. The molecule has 0 unspecified atom stereocenters. The minimum atomic E-state index is 0.857. The molecular formula is C16H19N3S. The van der Waals surface area contributed by atoms with E-state index in [9.17, 15) is 0 Å². The minimum Gasteiger partial charge on any atom is -0.241 e. The van der Waals surface area contributed by atoms with Crippen LogP contribution in [0.15, 0.2) is 53.4 Å². The number of nitrogens with two attached hydrogens (primary N) is 1. The maximum Gasteiger partial charge on any atom is 0.0702 e. The van der Waals surface area contributed by atoms with Crippen molar-refractivity contribution >= 4 is 17.4 Å². The van der Waals surface area contributed by atoms with Crippen LogP contribution in [0.3, 0.4) is 0 Å². The van der Waals surface area contributed by atoms with Gasteiger partial charge < -0.3 is 0 Å². The molecule has 0 aromatic heterocycles. The van der Waals surface area contributed by atoms with Crippen molar-refractivity contribution in [3.8, 4) is 0 Å². The highest BCUT2D eigenvalue weighted by molar-refractivity contribution is 7.99. The number of hydrazine groups is 2. The van der Waals surface area contributed by atoms with E-state index in [1.54, 1.807) is 5.12 Å². The molecule has 20 heavy (non-hydrogen) atoms. The van der Waals surface area contributed by atoms with Gasteiger partial charge in [0.15, 0.2) is 0 Å². The van der Waals surface area contributed by atoms with Crippen LogP contribution in [0.4, 0.5) is 5.69 Å². The number of rotatable bonds is 2. The van der Waals surface area contributed by atoms with Crippen LogP contribution in [-0.4, -0.2) is 17.3 Å². The Labute approximate surface area is 124 Å². The first-order chi connectivity index (χ1) is 9.74. The number of hydrogen-bond acceptors (Lipinski definition) is 4. The molecule has 0 spiro atoms. The van der Waals surface area contributed by atoms with Gasteiger partial charge in [0.25, 0.3) is 0 Å². The Hall–Kier alpha value is -1.49. The molecule has 104 valence electrons. The van der Waals surface area contributed by atoms with Crippen molar-refractivity contribution < 1.29 is 0 Å². The Kier molecular flexibility index (Phi) is 3.96. The fraction of sp³-hybridized carbons (Fsp3) is 0.250. The van der Waals surface area contributed by atoms with Crippen molar-refractivity contribution in [2.75, 3.05) is 17.4 Å². The molecule has 0 amide bonds. The number of anilines is 1. The van der Waals surface area contributed by atoms with Crippen LogP contribution in [0.25, 0.3) is 0 Å². The van der Waals surface area contributed by atoms with Crippen LogP contribution in [0.2, 0.25) is 0 Å². The third-order valence-electron chi connectivity index (χ3n) is 3.50. The van der Waals surface area contributed by atoms with Gasteiger partial charge in [0.05, 0.1) is 5.69 Å². The second kappa shape index (κ2) is 5.87. The van der Waals surface area contributed by atoms with Crippen molar-refractivity contribution in [3.05, 3.63) is 59.7 Å². The van der Waals surface area contributed by atoms with E-state index >= 15 is 0 Å². The van der Waals surface area contributed by atoms with E-state index < -0.39 is 0 Å². The monoisotopic (exact) mass is 285 g/mol. The largest absolute Gasteiger partial charge is 0.241 e. The van der Waals surface area contributed by atoms with Crippen molar-refractivity contribution in [2.45, 2.75) is 18.4 Å². The van der Waals surface area contributed by atoms with Crippen molar-refractivity contribution in [1.82, 2.24) is 5.01 Å². The Bertz CT molecular complexity index is 586. The van der Waals surface area contributed by atoms with Crippen LogP contribution < -0.4 is 11.0 Å². The number of thioether (sulfide) groups is 1. The van der Waals surface area contributed by atoms with Crippen LogP contribution in [0, 0.1) is 6.92 Å². The Balaban J connectivity index is 1.85. The molecule has 3 nitrogen and oxygen atoms in total. The summed E-state index contributed by atoms with van der Waals surface area (Å²) in [5.74, 6) is 7.34. The van der Waals surface area contributed by atoms with Crippen molar-refractivity contribution in [3.63, 3.8) is 0 Å². The summed E-state index contributed by atoms with van der Waals surface area (Å²) in [5.41, 5.74) is 3.68. The maximum atomic E-state index is 6.28. The van der Waals surface area contributed by atoms with Crippen LogP contribution in [0.1, 0.15) is 11.1 Å². The normalized spacial score (nSPS) is 15.5. The lowest BCUT2D eigenvalue weighted by Gasteiger charge is -2.31. The first kappa shape index (κ1) is 13.5. The molecule has 2 aromatic carbocycles. The van der Waals surface area contributed by atoms with E-state index in [0.29, 0.717) is 0 Å². The van der Waals surface area contributed by atoms with Gasteiger partial charge in [-0.15, -0.1) is 11.8 Å². The van der Waals surface area contributed by atoms with Gasteiger partial charge in [-0.25, -0.2) is 16.0 Å². The molecule has 4 heteroatoms. The first-order valence-corrected chi connectivity index (χ1v) is 7.79. The van der Waals surface area contributed by atoms with Crippen LogP contribution in [0.5, 0.6) is 0 Å². The smallest absolute Gasteiger partial charge is 0.0702 e. The molecular weight excluding hydrogens is 266 g/mol. The molecule has 2 N–H and O–H groups in total. The summed E-state index contributed by atoms with van der Waals surface area (Å²) in [7, 11) is 0. The summed E-state index contributed by atoms with van der Waals surface area (Å²) in [6.07, 6.45) is 0. The van der Waals surface area contributed by atoms with Gasteiger partial charge in [0.1, 0.15) is 0 Å².